The fourth-order valence-corrected chi connectivity index (χ4v) is 2.09. The number of hydrogen-bond donors (Lipinski definition) is 2. The van der Waals surface area contributed by atoms with Gasteiger partial charge in [0, 0.05) is 18.2 Å². The Kier molecular flexibility index (Phi) is 6.36. The zero-order valence-corrected chi connectivity index (χ0v) is 12.2. The molecule has 2 atom stereocenters. The molecule has 0 aromatic heterocycles. The van der Waals surface area contributed by atoms with Crippen LogP contribution in [0.3, 0.4) is 0 Å². The lowest BCUT2D eigenvalue weighted by molar-refractivity contribution is -0.122. The highest BCUT2D eigenvalue weighted by Crippen LogP contribution is 2.27. The standard InChI is InChI=1S/C15H24N2O2/c1-5-13(17-11(3)15(18)16-6-2)12-9-7-8-10-14(12)19-4/h7-11,13,17H,5-6H2,1-4H3,(H,16,18). The molecule has 0 saturated carbocycles. The van der Waals surface area contributed by atoms with Gasteiger partial charge in [0.05, 0.1) is 13.2 Å². The van der Waals surface area contributed by atoms with Gasteiger partial charge < -0.3 is 10.1 Å². The average Bonchev–Trinajstić information content (AvgIpc) is 2.44. The zero-order chi connectivity index (χ0) is 14.3. The SMILES string of the molecule is CCNC(=O)C(C)NC(CC)c1ccccc1OC. The highest BCUT2D eigenvalue weighted by Gasteiger charge is 2.19. The second-order valence-electron chi connectivity index (χ2n) is 4.49. The van der Waals surface area contributed by atoms with Gasteiger partial charge in [0.15, 0.2) is 0 Å². The number of rotatable bonds is 7. The van der Waals surface area contributed by atoms with Crippen LogP contribution < -0.4 is 15.4 Å². The molecule has 0 heterocycles. The topological polar surface area (TPSA) is 50.4 Å². The smallest absolute Gasteiger partial charge is 0.236 e. The molecule has 0 aliphatic heterocycles. The van der Waals surface area contributed by atoms with Crippen LogP contribution in [0.4, 0.5) is 0 Å². The van der Waals surface area contributed by atoms with Crippen LogP contribution in [0.25, 0.3) is 0 Å². The van der Waals surface area contributed by atoms with Crippen LogP contribution in [0, 0.1) is 0 Å². The number of carbonyl (C=O) groups is 1. The third-order valence-corrected chi connectivity index (χ3v) is 3.12. The quantitative estimate of drug-likeness (QED) is 0.794. The van der Waals surface area contributed by atoms with E-state index in [1.165, 1.54) is 0 Å². The highest BCUT2D eigenvalue weighted by molar-refractivity contribution is 5.81. The van der Waals surface area contributed by atoms with Crippen molar-refractivity contribution < 1.29 is 9.53 Å². The molecule has 2 N–H and O–H groups in total. The Labute approximate surface area is 115 Å². The summed E-state index contributed by atoms with van der Waals surface area (Å²) in [6.45, 7) is 6.54. The third-order valence-electron chi connectivity index (χ3n) is 3.12. The molecule has 1 aromatic carbocycles. The maximum Gasteiger partial charge on any atom is 0.236 e. The Morgan fingerprint density at radius 3 is 2.58 bits per heavy atom. The van der Waals surface area contributed by atoms with E-state index in [9.17, 15) is 4.79 Å². The fourth-order valence-electron chi connectivity index (χ4n) is 2.09. The predicted molar refractivity (Wildman–Crippen MR) is 77.3 cm³/mol. The van der Waals surface area contributed by atoms with Crippen molar-refractivity contribution in [1.29, 1.82) is 0 Å². The number of carbonyl (C=O) groups excluding carboxylic acids is 1. The monoisotopic (exact) mass is 264 g/mol. The number of hydrogen-bond acceptors (Lipinski definition) is 3. The largest absolute Gasteiger partial charge is 0.496 e. The van der Waals surface area contributed by atoms with Gasteiger partial charge in [-0.05, 0) is 26.3 Å². The molecule has 0 bridgehead atoms. The van der Waals surface area contributed by atoms with Gasteiger partial charge in [-0.1, -0.05) is 25.1 Å². The van der Waals surface area contributed by atoms with Crippen LogP contribution in [0.1, 0.15) is 38.8 Å². The highest BCUT2D eigenvalue weighted by atomic mass is 16.5. The van der Waals surface area contributed by atoms with Crippen molar-refractivity contribution in [2.24, 2.45) is 0 Å². The van der Waals surface area contributed by atoms with Gasteiger partial charge in [-0.2, -0.15) is 0 Å². The molecular formula is C15H24N2O2. The molecule has 1 amide bonds. The fraction of sp³-hybridized carbons (Fsp3) is 0.533. The summed E-state index contributed by atoms with van der Waals surface area (Å²) in [6, 6.07) is 7.78. The average molecular weight is 264 g/mol. The minimum Gasteiger partial charge on any atom is -0.496 e. The molecular weight excluding hydrogens is 240 g/mol. The summed E-state index contributed by atoms with van der Waals surface area (Å²) in [5, 5.41) is 6.17. The number of amides is 1. The van der Waals surface area contributed by atoms with Gasteiger partial charge in [-0.15, -0.1) is 0 Å². The first kappa shape index (κ1) is 15.5. The van der Waals surface area contributed by atoms with Crippen LogP contribution in [0.15, 0.2) is 24.3 Å². The van der Waals surface area contributed by atoms with E-state index in [1.807, 2.05) is 38.1 Å². The van der Waals surface area contributed by atoms with Gasteiger partial charge in [-0.25, -0.2) is 0 Å². The number of methoxy groups -OCH3 is 1. The van der Waals surface area contributed by atoms with E-state index in [1.54, 1.807) is 7.11 Å². The molecule has 0 aliphatic rings. The predicted octanol–water partition coefficient (Wildman–Crippen LogP) is 2.26. The van der Waals surface area contributed by atoms with Crippen molar-refractivity contribution >= 4 is 5.91 Å². The van der Waals surface area contributed by atoms with E-state index in [-0.39, 0.29) is 18.0 Å². The normalized spacial score (nSPS) is 13.7. The minimum absolute atomic E-state index is 0.0239. The molecule has 0 radical (unpaired) electrons. The summed E-state index contributed by atoms with van der Waals surface area (Å²) >= 11 is 0. The lowest BCUT2D eigenvalue weighted by Gasteiger charge is -2.23. The van der Waals surface area contributed by atoms with Crippen molar-refractivity contribution in [1.82, 2.24) is 10.6 Å². The maximum atomic E-state index is 11.8. The Bertz CT molecular complexity index is 407. The molecule has 1 aromatic rings. The maximum absolute atomic E-state index is 11.8. The van der Waals surface area contributed by atoms with E-state index in [0.717, 1.165) is 17.7 Å². The van der Waals surface area contributed by atoms with Crippen LogP contribution in [0.5, 0.6) is 5.75 Å². The van der Waals surface area contributed by atoms with Crippen LogP contribution in [-0.2, 0) is 4.79 Å². The number of benzene rings is 1. The van der Waals surface area contributed by atoms with Crippen molar-refractivity contribution in [2.75, 3.05) is 13.7 Å². The van der Waals surface area contributed by atoms with Crippen molar-refractivity contribution in [2.45, 2.75) is 39.3 Å². The second-order valence-corrected chi connectivity index (χ2v) is 4.49. The molecule has 0 aliphatic carbocycles. The lowest BCUT2D eigenvalue weighted by Crippen LogP contribution is -2.43. The lowest BCUT2D eigenvalue weighted by atomic mass is 10.0. The Hall–Kier alpha value is -1.55. The summed E-state index contributed by atoms with van der Waals surface area (Å²) in [5.74, 6) is 0.876. The molecule has 106 valence electrons. The molecule has 0 saturated heterocycles. The second kappa shape index (κ2) is 7.79. The Morgan fingerprint density at radius 1 is 1.32 bits per heavy atom. The van der Waals surface area contributed by atoms with E-state index in [0.29, 0.717) is 6.54 Å². The molecule has 0 spiro atoms. The van der Waals surface area contributed by atoms with Crippen LogP contribution in [0.2, 0.25) is 0 Å². The van der Waals surface area contributed by atoms with E-state index >= 15 is 0 Å². The summed E-state index contributed by atoms with van der Waals surface area (Å²) in [5.41, 5.74) is 1.09. The van der Waals surface area contributed by atoms with E-state index in [2.05, 4.69) is 17.6 Å². The summed E-state index contributed by atoms with van der Waals surface area (Å²) in [7, 11) is 1.67. The van der Waals surface area contributed by atoms with Gasteiger partial charge in [-0.3, -0.25) is 10.1 Å². The number of para-hydroxylation sites is 1. The van der Waals surface area contributed by atoms with Gasteiger partial charge in [0.25, 0.3) is 0 Å². The van der Waals surface area contributed by atoms with Crippen LogP contribution >= 0.6 is 0 Å². The number of nitrogens with one attached hydrogen (secondary N) is 2. The van der Waals surface area contributed by atoms with Gasteiger partial charge in [0.1, 0.15) is 5.75 Å². The molecule has 19 heavy (non-hydrogen) atoms. The first-order chi connectivity index (χ1) is 9.13. The molecule has 4 heteroatoms. The van der Waals surface area contributed by atoms with Crippen molar-refractivity contribution in [3.8, 4) is 5.75 Å². The van der Waals surface area contributed by atoms with Crippen LogP contribution in [-0.4, -0.2) is 25.6 Å². The number of likely N-dealkylation sites (N-methyl/N-ethyl adjacent to an activating group) is 1. The van der Waals surface area contributed by atoms with Crippen molar-refractivity contribution in [3.63, 3.8) is 0 Å². The molecule has 2 unspecified atom stereocenters. The van der Waals surface area contributed by atoms with Crippen molar-refractivity contribution in [3.05, 3.63) is 29.8 Å². The molecule has 0 fully saturated rings. The minimum atomic E-state index is -0.227. The molecule has 1 rings (SSSR count). The first-order valence-corrected chi connectivity index (χ1v) is 6.80. The van der Waals surface area contributed by atoms with Gasteiger partial charge >= 0.3 is 0 Å². The summed E-state index contributed by atoms with van der Waals surface area (Å²) < 4.78 is 5.38. The molecule has 4 nitrogen and oxygen atoms in total. The van der Waals surface area contributed by atoms with E-state index in [4.69, 9.17) is 4.74 Å². The van der Waals surface area contributed by atoms with E-state index < -0.39 is 0 Å². The first-order valence-electron chi connectivity index (χ1n) is 6.80. The zero-order valence-electron chi connectivity index (χ0n) is 12.2. The summed E-state index contributed by atoms with van der Waals surface area (Å²) in [4.78, 5) is 11.8. The number of ether oxygens (including phenoxy) is 1. The van der Waals surface area contributed by atoms with Gasteiger partial charge in [0.2, 0.25) is 5.91 Å². The Balaban J connectivity index is 2.80. The summed E-state index contributed by atoms with van der Waals surface area (Å²) in [6.07, 6.45) is 0.893. The third kappa shape index (κ3) is 4.24. The Morgan fingerprint density at radius 2 is 2.00 bits per heavy atom.